The summed E-state index contributed by atoms with van der Waals surface area (Å²) in [5.41, 5.74) is 0. The molecule has 5 nitrogen and oxygen atoms in total. The summed E-state index contributed by atoms with van der Waals surface area (Å²) < 4.78 is 5.87. The Kier molecular flexibility index (Phi) is 5.83. The molecule has 0 bridgehead atoms. The molecule has 3 aromatic rings. The predicted octanol–water partition coefficient (Wildman–Crippen LogP) is 1.68. The lowest BCUT2D eigenvalue weighted by atomic mass is 10.0. The second-order valence-electron chi connectivity index (χ2n) is 6.08. The van der Waals surface area contributed by atoms with Gasteiger partial charge in [-0.2, -0.15) is 0 Å². The topological polar surface area (TPSA) is 82.0 Å². The first-order chi connectivity index (χ1) is 12.2. The first kappa shape index (κ1) is 17.6. The van der Waals surface area contributed by atoms with Crippen molar-refractivity contribution in [1.82, 2.24) is 5.32 Å². The van der Waals surface area contributed by atoms with Crippen molar-refractivity contribution in [1.29, 1.82) is 0 Å². The Hall–Kier alpha value is -2.18. The van der Waals surface area contributed by atoms with Gasteiger partial charge < -0.3 is 25.4 Å². The minimum absolute atomic E-state index is 0.124. The number of hydrogen-bond donors (Lipinski definition) is 4. The molecule has 0 saturated carbocycles. The summed E-state index contributed by atoms with van der Waals surface area (Å²) in [5.74, 6) is 0.731. The number of ether oxygens (including phenoxy) is 1. The zero-order valence-electron chi connectivity index (χ0n) is 13.9. The van der Waals surface area contributed by atoms with Crippen LogP contribution in [0.5, 0.6) is 5.75 Å². The van der Waals surface area contributed by atoms with Crippen LogP contribution in [-0.4, -0.2) is 53.8 Å². The first-order valence-corrected chi connectivity index (χ1v) is 8.39. The van der Waals surface area contributed by atoms with E-state index in [4.69, 9.17) is 14.9 Å². The molecule has 0 spiro atoms. The Morgan fingerprint density at radius 3 is 2.24 bits per heavy atom. The minimum atomic E-state index is -0.745. The van der Waals surface area contributed by atoms with Crippen LogP contribution in [0.2, 0.25) is 0 Å². The van der Waals surface area contributed by atoms with Crippen molar-refractivity contribution in [2.45, 2.75) is 12.1 Å². The lowest BCUT2D eigenvalue weighted by molar-refractivity contribution is 0.0936. The van der Waals surface area contributed by atoms with Crippen molar-refractivity contribution in [2.24, 2.45) is 0 Å². The van der Waals surface area contributed by atoms with Gasteiger partial charge in [0.25, 0.3) is 0 Å². The fourth-order valence-corrected chi connectivity index (χ4v) is 2.87. The van der Waals surface area contributed by atoms with Crippen molar-refractivity contribution in [3.63, 3.8) is 0 Å². The van der Waals surface area contributed by atoms with Gasteiger partial charge in [0.05, 0.1) is 19.3 Å². The Morgan fingerprint density at radius 1 is 0.880 bits per heavy atom. The molecular weight excluding hydrogens is 318 g/mol. The maximum atomic E-state index is 10.1. The Balaban J connectivity index is 1.76. The molecule has 0 radical (unpaired) electrons. The molecule has 0 aliphatic rings. The van der Waals surface area contributed by atoms with Gasteiger partial charge in [0.15, 0.2) is 0 Å². The third kappa shape index (κ3) is 4.08. The number of fused-ring (bicyclic) bond motifs is 3. The fourth-order valence-electron chi connectivity index (χ4n) is 2.87. The quantitative estimate of drug-likeness (QED) is 0.469. The summed E-state index contributed by atoms with van der Waals surface area (Å²) in [6.07, 6.45) is -0.745. The Bertz CT molecular complexity index is 832. The fraction of sp³-hybridized carbons (Fsp3) is 0.300. The third-order valence-corrected chi connectivity index (χ3v) is 4.24. The van der Waals surface area contributed by atoms with Gasteiger partial charge in [0, 0.05) is 11.9 Å². The smallest absolute Gasteiger partial charge is 0.127 e. The first-order valence-electron chi connectivity index (χ1n) is 8.39. The maximum Gasteiger partial charge on any atom is 0.127 e. The van der Waals surface area contributed by atoms with Crippen LogP contribution < -0.4 is 10.1 Å². The van der Waals surface area contributed by atoms with Gasteiger partial charge in [0.2, 0.25) is 0 Å². The molecule has 25 heavy (non-hydrogen) atoms. The van der Waals surface area contributed by atoms with E-state index in [1.807, 2.05) is 42.5 Å². The highest BCUT2D eigenvalue weighted by Crippen LogP contribution is 2.33. The summed E-state index contributed by atoms with van der Waals surface area (Å²) >= 11 is 0. The highest BCUT2D eigenvalue weighted by atomic mass is 16.5. The molecule has 0 aliphatic heterocycles. The van der Waals surface area contributed by atoms with E-state index >= 15 is 0 Å². The molecule has 4 N–H and O–H groups in total. The van der Waals surface area contributed by atoms with E-state index in [2.05, 4.69) is 17.4 Å². The van der Waals surface area contributed by atoms with E-state index in [-0.39, 0.29) is 26.4 Å². The number of aliphatic hydroxyl groups is 3. The largest absolute Gasteiger partial charge is 0.490 e. The predicted molar refractivity (Wildman–Crippen MR) is 98.9 cm³/mol. The standard InChI is InChI=1S/C20H23NO4/c22-11-15(12-23)21-10-16(24)13-25-20-9-14-5-1-2-6-17(14)18-7-3-4-8-19(18)20/h1-9,15-16,21-24H,10-13H2/t16-/m0/s1. The van der Waals surface area contributed by atoms with Crippen LogP contribution in [0.4, 0.5) is 0 Å². The van der Waals surface area contributed by atoms with Crippen LogP contribution in [0.15, 0.2) is 54.6 Å². The van der Waals surface area contributed by atoms with Gasteiger partial charge in [-0.1, -0.05) is 48.5 Å². The van der Waals surface area contributed by atoms with E-state index in [9.17, 15) is 5.11 Å². The summed E-state index contributed by atoms with van der Waals surface area (Å²) in [4.78, 5) is 0. The van der Waals surface area contributed by atoms with Gasteiger partial charge in [-0.15, -0.1) is 0 Å². The van der Waals surface area contributed by atoms with E-state index < -0.39 is 12.1 Å². The van der Waals surface area contributed by atoms with E-state index in [0.717, 1.165) is 21.9 Å². The lowest BCUT2D eigenvalue weighted by Crippen LogP contribution is -2.41. The molecule has 132 valence electrons. The van der Waals surface area contributed by atoms with Crippen LogP contribution in [0.25, 0.3) is 21.5 Å². The molecule has 1 atom stereocenters. The zero-order chi connectivity index (χ0) is 17.6. The normalized spacial score (nSPS) is 12.8. The zero-order valence-corrected chi connectivity index (χ0v) is 13.9. The summed E-state index contributed by atoms with van der Waals surface area (Å²) in [6.45, 7) is -0.00497. The summed E-state index contributed by atoms with van der Waals surface area (Å²) in [5, 5.41) is 35.4. The second-order valence-corrected chi connectivity index (χ2v) is 6.08. The molecule has 0 heterocycles. The number of rotatable bonds is 8. The van der Waals surface area contributed by atoms with Crippen molar-refractivity contribution in [3.05, 3.63) is 54.6 Å². The minimum Gasteiger partial charge on any atom is -0.490 e. The molecular formula is C20H23NO4. The molecule has 0 aliphatic carbocycles. The maximum absolute atomic E-state index is 10.1. The van der Waals surface area contributed by atoms with E-state index in [1.54, 1.807) is 0 Å². The van der Waals surface area contributed by atoms with Gasteiger partial charge in [-0.25, -0.2) is 0 Å². The number of nitrogens with one attached hydrogen (secondary N) is 1. The second kappa shape index (κ2) is 8.27. The van der Waals surface area contributed by atoms with E-state index in [1.165, 1.54) is 5.39 Å². The van der Waals surface area contributed by atoms with Gasteiger partial charge in [0.1, 0.15) is 18.5 Å². The van der Waals surface area contributed by atoms with E-state index in [0.29, 0.717) is 0 Å². The Labute approximate surface area is 146 Å². The molecule has 0 saturated heterocycles. The van der Waals surface area contributed by atoms with Crippen LogP contribution in [0.1, 0.15) is 0 Å². The molecule has 0 aromatic heterocycles. The SMILES string of the molecule is OCC(CO)NC[C@H](O)COc1cc2ccccc2c2ccccc12. The Morgan fingerprint density at radius 2 is 1.52 bits per heavy atom. The monoisotopic (exact) mass is 341 g/mol. The van der Waals surface area contributed by atoms with Crippen molar-refractivity contribution < 1.29 is 20.1 Å². The van der Waals surface area contributed by atoms with Crippen molar-refractivity contribution in [3.8, 4) is 5.75 Å². The lowest BCUT2D eigenvalue weighted by Gasteiger charge is -2.18. The molecule has 5 heteroatoms. The third-order valence-electron chi connectivity index (χ3n) is 4.24. The number of aliphatic hydroxyl groups excluding tert-OH is 3. The molecule has 0 fully saturated rings. The highest BCUT2D eigenvalue weighted by molar-refractivity contribution is 6.10. The molecule has 0 amide bonds. The van der Waals surface area contributed by atoms with Crippen molar-refractivity contribution >= 4 is 21.5 Å². The average Bonchev–Trinajstić information content (AvgIpc) is 2.67. The van der Waals surface area contributed by atoms with Gasteiger partial charge >= 0.3 is 0 Å². The summed E-state index contributed by atoms with van der Waals surface area (Å²) in [7, 11) is 0. The van der Waals surface area contributed by atoms with Crippen LogP contribution in [0, 0.1) is 0 Å². The van der Waals surface area contributed by atoms with Crippen LogP contribution in [0.3, 0.4) is 0 Å². The molecule has 3 aromatic carbocycles. The highest BCUT2D eigenvalue weighted by Gasteiger charge is 2.12. The molecule has 0 unspecified atom stereocenters. The van der Waals surface area contributed by atoms with Crippen LogP contribution in [-0.2, 0) is 0 Å². The van der Waals surface area contributed by atoms with Gasteiger partial charge in [-0.05, 0) is 22.2 Å². The van der Waals surface area contributed by atoms with Gasteiger partial charge in [-0.3, -0.25) is 0 Å². The van der Waals surface area contributed by atoms with Crippen LogP contribution >= 0.6 is 0 Å². The molecule has 3 rings (SSSR count). The number of benzene rings is 3. The van der Waals surface area contributed by atoms with Crippen molar-refractivity contribution in [2.75, 3.05) is 26.4 Å². The number of hydrogen-bond acceptors (Lipinski definition) is 5. The average molecular weight is 341 g/mol. The summed E-state index contributed by atoms with van der Waals surface area (Å²) in [6, 6.07) is 17.7.